The molecule has 2 saturated carbocycles. The molecule has 1 aromatic heterocycles. The molecule has 1 heterocycles. The molecule has 4 atom stereocenters. The normalized spacial score (nSPS) is 26.6. The Kier molecular flexibility index (Phi) is 4.45. The molecule has 1 aromatic carbocycles. The molecule has 26 heavy (non-hydrogen) atoms. The van der Waals surface area contributed by atoms with Crippen LogP contribution in [-0.4, -0.2) is 22.0 Å². The highest BCUT2D eigenvalue weighted by atomic mass is 16.4. The molecule has 5 nitrogen and oxygen atoms in total. The van der Waals surface area contributed by atoms with Gasteiger partial charge in [0, 0.05) is 18.1 Å². The average Bonchev–Trinajstić information content (AvgIpc) is 3.25. The largest absolute Gasteiger partial charge is 0.481 e. The molecule has 2 fully saturated rings. The number of aliphatic carboxylic acids is 1. The molecule has 0 saturated heterocycles. The number of carbonyl (C=O) groups excluding carboxylic acids is 1. The Labute approximate surface area is 152 Å². The number of hydrogen-bond acceptors (Lipinski definition) is 3. The van der Waals surface area contributed by atoms with Crippen LogP contribution in [0.25, 0.3) is 0 Å². The van der Waals surface area contributed by atoms with E-state index < -0.39 is 17.8 Å². The lowest BCUT2D eigenvalue weighted by Crippen LogP contribution is -2.37. The molecule has 2 N–H and O–H groups in total. The van der Waals surface area contributed by atoms with Crippen LogP contribution in [0.3, 0.4) is 0 Å². The first-order chi connectivity index (χ1) is 12.6. The number of anilines is 1. The van der Waals surface area contributed by atoms with Gasteiger partial charge in [0.05, 0.1) is 11.8 Å². The van der Waals surface area contributed by atoms with Crippen LogP contribution in [0.1, 0.15) is 30.4 Å². The van der Waals surface area contributed by atoms with Crippen LogP contribution in [0.4, 0.5) is 5.69 Å². The summed E-state index contributed by atoms with van der Waals surface area (Å²) in [6.07, 6.45) is 7.15. The van der Waals surface area contributed by atoms with Crippen LogP contribution in [0, 0.1) is 23.7 Å². The molecule has 2 aliphatic carbocycles. The zero-order valence-corrected chi connectivity index (χ0v) is 14.5. The summed E-state index contributed by atoms with van der Waals surface area (Å²) < 4.78 is 0. The average molecular weight is 350 g/mol. The molecular formula is C21H22N2O3. The van der Waals surface area contributed by atoms with E-state index in [1.165, 1.54) is 5.56 Å². The Morgan fingerprint density at radius 3 is 2.23 bits per heavy atom. The van der Waals surface area contributed by atoms with E-state index in [1.807, 2.05) is 36.4 Å². The summed E-state index contributed by atoms with van der Waals surface area (Å²) in [4.78, 5) is 28.3. The minimum atomic E-state index is -0.829. The maximum Gasteiger partial charge on any atom is 0.307 e. The fourth-order valence-corrected chi connectivity index (χ4v) is 4.69. The van der Waals surface area contributed by atoms with Gasteiger partial charge >= 0.3 is 5.97 Å². The van der Waals surface area contributed by atoms with E-state index >= 15 is 0 Å². The fraction of sp³-hybridized carbons (Fsp3) is 0.381. The van der Waals surface area contributed by atoms with E-state index in [0.717, 1.165) is 36.9 Å². The summed E-state index contributed by atoms with van der Waals surface area (Å²) in [5.41, 5.74) is 3.06. The summed E-state index contributed by atoms with van der Waals surface area (Å²) in [6, 6.07) is 11.7. The number of pyridine rings is 1. The SMILES string of the molecule is O=C(O)[C@@H]1[C@H]2CC[C@@H](C2)[C@@H]1C(=O)Nc1ccc(Cc2ccncc2)cc1. The molecule has 2 bridgehead atoms. The van der Waals surface area contributed by atoms with Crippen molar-refractivity contribution in [1.29, 1.82) is 0 Å². The van der Waals surface area contributed by atoms with Crippen molar-refractivity contribution >= 4 is 17.6 Å². The predicted octanol–water partition coefficient (Wildman–Crippen LogP) is 3.36. The van der Waals surface area contributed by atoms with Gasteiger partial charge in [-0.25, -0.2) is 0 Å². The quantitative estimate of drug-likeness (QED) is 0.867. The molecule has 0 aliphatic heterocycles. The molecule has 134 valence electrons. The molecule has 2 aliphatic rings. The third-order valence-corrected chi connectivity index (χ3v) is 5.88. The van der Waals surface area contributed by atoms with Gasteiger partial charge in [0.1, 0.15) is 0 Å². The number of carboxylic acid groups (broad SMARTS) is 1. The fourth-order valence-electron chi connectivity index (χ4n) is 4.69. The smallest absolute Gasteiger partial charge is 0.307 e. The van der Waals surface area contributed by atoms with E-state index in [9.17, 15) is 14.7 Å². The van der Waals surface area contributed by atoms with Gasteiger partial charge in [-0.2, -0.15) is 0 Å². The lowest BCUT2D eigenvalue weighted by atomic mass is 9.78. The third kappa shape index (κ3) is 3.21. The number of aromatic nitrogens is 1. The minimum Gasteiger partial charge on any atom is -0.481 e. The number of carbonyl (C=O) groups is 2. The molecular weight excluding hydrogens is 328 g/mol. The molecule has 5 heteroatoms. The third-order valence-electron chi connectivity index (χ3n) is 5.88. The van der Waals surface area contributed by atoms with Gasteiger partial charge in [0.15, 0.2) is 0 Å². The highest BCUT2D eigenvalue weighted by molar-refractivity contribution is 5.96. The van der Waals surface area contributed by atoms with E-state index in [4.69, 9.17) is 0 Å². The molecule has 4 rings (SSSR count). The Balaban J connectivity index is 1.42. The van der Waals surface area contributed by atoms with Crippen molar-refractivity contribution in [3.8, 4) is 0 Å². The van der Waals surface area contributed by atoms with E-state index in [1.54, 1.807) is 12.4 Å². The van der Waals surface area contributed by atoms with E-state index in [-0.39, 0.29) is 17.7 Å². The summed E-state index contributed by atoms with van der Waals surface area (Å²) in [5, 5.41) is 12.4. The second-order valence-corrected chi connectivity index (χ2v) is 7.44. The second kappa shape index (κ2) is 6.90. The number of benzene rings is 1. The summed E-state index contributed by atoms with van der Waals surface area (Å²) in [5.74, 6) is -1.53. The lowest BCUT2D eigenvalue weighted by Gasteiger charge is -2.27. The van der Waals surface area contributed by atoms with Crippen LogP contribution in [0.15, 0.2) is 48.8 Å². The zero-order chi connectivity index (χ0) is 18.1. The predicted molar refractivity (Wildman–Crippen MR) is 97.6 cm³/mol. The van der Waals surface area contributed by atoms with Crippen molar-refractivity contribution in [3.05, 3.63) is 59.9 Å². The van der Waals surface area contributed by atoms with Crippen LogP contribution in [0.2, 0.25) is 0 Å². The molecule has 1 amide bonds. The van der Waals surface area contributed by atoms with Crippen molar-refractivity contribution in [2.75, 3.05) is 5.32 Å². The first-order valence-electron chi connectivity index (χ1n) is 9.13. The van der Waals surface area contributed by atoms with Gasteiger partial charge < -0.3 is 10.4 Å². The maximum atomic E-state index is 12.7. The molecule has 0 unspecified atom stereocenters. The van der Waals surface area contributed by atoms with Gasteiger partial charge in [-0.1, -0.05) is 12.1 Å². The van der Waals surface area contributed by atoms with Crippen molar-refractivity contribution in [3.63, 3.8) is 0 Å². The molecule has 0 radical (unpaired) electrons. The number of amides is 1. The minimum absolute atomic E-state index is 0.147. The molecule has 0 spiro atoms. The number of carboxylic acids is 1. The second-order valence-electron chi connectivity index (χ2n) is 7.44. The Morgan fingerprint density at radius 2 is 1.58 bits per heavy atom. The standard InChI is InChI=1S/C21H22N2O3/c24-20(18-15-3-4-16(12-15)19(18)21(25)26)23-17-5-1-13(2-6-17)11-14-7-9-22-10-8-14/h1-2,5-10,15-16,18-19H,3-4,11-12H2,(H,23,24)(H,25,26)/t15-,16-,18-,19+/m0/s1. The lowest BCUT2D eigenvalue weighted by molar-refractivity contribution is -0.148. The zero-order valence-electron chi connectivity index (χ0n) is 14.5. The van der Waals surface area contributed by atoms with Gasteiger partial charge in [-0.05, 0) is 72.9 Å². The number of hydrogen-bond donors (Lipinski definition) is 2. The number of rotatable bonds is 5. The summed E-state index contributed by atoms with van der Waals surface area (Å²) in [7, 11) is 0. The van der Waals surface area contributed by atoms with Gasteiger partial charge in [0.2, 0.25) is 5.91 Å². The van der Waals surface area contributed by atoms with E-state index in [0.29, 0.717) is 0 Å². The van der Waals surface area contributed by atoms with Crippen molar-refractivity contribution in [1.82, 2.24) is 4.98 Å². The van der Waals surface area contributed by atoms with Crippen molar-refractivity contribution < 1.29 is 14.7 Å². The number of nitrogens with one attached hydrogen (secondary N) is 1. The molecule has 2 aromatic rings. The Morgan fingerprint density at radius 1 is 0.962 bits per heavy atom. The Bertz CT molecular complexity index is 804. The van der Waals surface area contributed by atoms with Crippen LogP contribution in [-0.2, 0) is 16.0 Å². The van der Waals surface area contributed by atoms with Crippen LogP contribution < -0.4 is 5.32 Å². The van der Waals surface area contributed by atoms with Crippen LogP contribution >= 0.6 is 0 Å². The monoisotopic (exact) mass is 350 g/mol. The first-order valence-corrected chi connectivity index (χ1v) is 9.13. The van der Waals surface area contributed by atoms with Crippen molar-refractivity contribution in [2.24, 2.45) is 23.7 Å². The van der Waals surface area contributed by atoms with Crippen molar-refractivity contribution in [2.45, 2.75) is 25.7 Å². The topological polar surface area (TPSA) is 79.3 Å². The highest BCUT2D eigenvalue weighted by Crippen LogP contribution is 2.52. The Hall–Kier alpha value is -2.69. The van der Waals surface area contributed by atoms with Gasteiger partial charge in [-0.15, -0.1) is 0 Å². The van der Waals surface area contributed by atoms with Crippen LogP contribution in [0.5, 0.6) is 0 Å². The highest BCUT2D eigenvalue weighted by Gasteiger charge is 2.53. The number of nitrogens with zero attached hydrogens (tertiary/aromatic N) is 1. The first kappa shape index (κ1) is 16.8. The summed E-state index contributed by atoms with van der Waals surface area (Å²) >= 11 is 0. The van der Waals surface area contributed by atoms with E-state index in [2.05, 4.69) is 10.3 Å². The summed E-state index contributed by atoms with van der Waals surface area (Å²) in [6.45, 7) is 0. The maximum absolute atomic E-state index is 12.7. The van der Waals surface area contributed by atoms with Gasteiger partial charge in [-0.3, -0.25) is 14.6 Å². The number of fused-ring (bicyclic) bond motifs is 2. The van der Waals surface area contributed by atoms with Gasteiger partial charge in [0.25, 0.3) is 0 Å².